The summed E-state index contributed by atoms with van der Waals surface area (Å²) in [6.07, 6.45) is 9.38. The van der Waals surface area contributed by atoms with Crippen LogP contribution in [0.3, 0.4) is 0 Å². The number of hydrogen-bond acceptors (Lipinski definition) is 4. The SMILES string of the molecule is CCCCCc1cccc(OC(CCC)S(=O)(=O)[O-])c1CCCCC.[Na+]. The summed E-state index contributed by atoms with van der Waals surface area (Å²) in [6.45, 7) is 6.19. The van der Waals surface area contributed by atoms with Crippen LogP contribution in [-0.4, -0.2) is 18.4 Å². The van der Waals surface area contributed by atoms with Crippen molar-refractivity contribution in [3.05, 3.63) is 29.3 Å². The number of unbranched alkanes of at least 4 members (excludes halogenated alkanes) is 4. The minimum atomic E-state index is -4.47. The standard InChI is InChI=1S/C20H34O4S.Na/c1-4-7-9-13-17-14-11-16-19(18(17)15-10-8-5-2)24-20(12-6-3)25(21,22)23;/h11,14,16,20H,4-10,12-13,15H2,1-3H3,(H,21,22,23);/q;+1/p-1. The Bertz CT molecular complexity index is 602. The summed E-state index contributed by atoms with van der Waals surface area (Å²) in [5, 5.41) is 0. The van der Waals surface area contributed by atoms with Crippen LogP contribution in [0.2, 0.25) is 0 Å². The van der Waals surface area contributed by atoms with Crippen molar-refractivity contribution < 1.29 is 47.3 Å². The van der Waals surface area contributed by atoms with Crippen LogP contribution in [0.5, 0.6) is 5.75 Å². The molecular formula is C20H33NaO4S. The van der Waals surface area contributed by atoms with Gasteiger partial charge in [-0.15, -0.1) is 0 Å². The number of hydrogen-bond donors (Lipinski definition) is 0. The molecule has 144 valence electrons. The van der Waals surface area contributed by atoms with Gasteiger partial charge in [0.25, 0.3) is 0 Å². The molecule has 1 rings (SSSR count). The van der Waals surface area contributed by atoms with Gasteiger partial charge >= 0.3 is 29.6 Å². The summed E-state index contributed by atoms with van der Waals surface area (Å²) in [5.41, 5.74) is 1.01. The zero-order chi connectivity index (χ0) is 18.7. The molecule has 0 aliphatic carbocycles. The van der Waals surface area contributed by atoms with Crippen molar-refractivity contribution >= 4 is 10.1 Å². The molecule has 6 heteroatoms. The third-order valence-electron chi connectivity index (χ3n) is 4.41. The van der Waals surface area contributed by atoms with Crippen LogP contribution >= 0.6 is 0 Å². The van der Waals surface area contributed by atoms with E-state index in [0.717, 1.165) is 50.5 Å². The van der Waals surface area contributed by atoms with Gasteiger partial charge in [0.2, 0.25) is 0 Å². The zero-order valence-electron chi connectivity index (χ0n) is 16.9. The van der Waals surface area contributed by atoms with E-state index in [9.17, 15) is 13.0 Å². The number of benzene rings is 1. The second-order valence-electron chi connectivity index (χ2n) is 6.64. The minimum Gasteiger partial charge on any atom is -0.745 e. The zero-order valence-corrected chi connectivity index (χ0v) is 19.7. The first-order chi connectivity index (χ1) is 11.9. The van der Waals surface area contributed by atoms with Crippen LogP contribution in [0.15, 0.2) is 18.2 Å². The molecule has 0 amide bonds. The van der Waals surface area contributed by atoms with Gasteiger partial charge in [0.05, 0.1) is 0 Å². The molecular weight excluding hydrogens is 359 g/mol. The minimum absolute atomic E-state index is 0. The average molecular weight is 393 g/mol. The van der Waals surface area contributed by atoms with Gasteiger partial charge in [0.1, 0.15) is 15.9 Å². The van der Waals surface area contributed by atoms with Crippen molar-refractivity contribution in [2.45, 2.75) is 90.4 Å². The van der Waals surface area contributed by atoms with Gasteiger partial charge in [0.15, 0.2) is 5.44 Å². The molecule has 4 nitrogen and oxygen atoms in total. The van der Waals surface area contributed by atoms with Crippen LogP contribution in [0, 0.1) is 0 Å². The topological polar surface area (TPSA) is 66.4 Å². The first kappa shape index (κ1) is 25.9. The van der Waals surface area contributed by atoms with Crippen LogP contribution in [0.4, 0.5) is 0 Å². The Kier molecular flexibility index (Phi) is 14.0. The number of rotatable bonds is 13. The second-order valence-corrected chi connectivity index (χ2v) is 8.15. The third-order valence-corrected chi connectivity index (χ3v) is 5.39. The van der Waals surface area contributed by atoms with E-state index in [1.54, 1.807) is 6.07 Å². The van der Waals surface area contributed by atoms with Gasteiger partial charge in [-0.05, 0) is 49.3 Å². The molecule has 0 fully saturated rings. The quantitative estimate of drug-likeness (QED) is 0.293. The summed E-state index contributed by atoms with van der Waals surface area (Å²) >= 11 is 0. The predicted molar refractivity (Wildman–Crippen MR) is 102 cm³/mol. The van der Waals surface area contributed by atoms with E-state index in [1.165, 1.54) is 12.0 Å². The molecule has 0 aliphatic heterocycles. The summed E-state index contributed by atoms with van der Waals surface area (Å²) in [4.78, 5) is 0. The second kappa shape index (κ2) is 14.0. The first-order valence-electron chi connectivity index (χ1n) is 9.66. The fraction of sp³-hybridized carbons (Fsp3) is 0.700. The Hall–Kier alpha value is -0.0700. The molecule has 0 radical (unpaired) electrons. The van der Waals surface area contributed by atoms with E-state index in [-0.39, 0.29) is 36.0 Å². The Labute approximate surface area is 182 Å². The molecule has 1 atom stereocenters. The maximum absolute atomic E-state index is 11.5. The van der Waals surface area contributed by atoms with E-state index in [4.69, 9.17) is 4.74 Å². The summed E-state index contributed by atoms with van der Waals surface area (Å²) in [6, 6.07) is 5.81. The Balaban J connectivity index is 0.00000625. The summed E-state index contributed by atoms with van der Waals surface area (Å²) < 4.78 is 40.3. The third kappa shape index (κ3) is 9.23. The van der Waals surface area contributed by atoms with E-state index in [1.807, 2.05) is 13.0 Å². The Morgan fingerprint density at radius 3 is 2.12 bits per heavy atom. The molecule has 0 bridgehead atoms. The van der Waals surface area contributed by atoms with Gasteiger partial charge in [-0.3, -0.25) is 0 Å². The smallest absolute Gasteiger partial charge is 0.745 e. The molecule has 0 saturated carbocycles. The Morgan fingerprint density at radius 2 is 1.58 bits per heavy atom. The average Bonchev–Trinajstić information content (AvgIpc) is 2.56. The van der Waals surface area contributed by atoms with Crippen molar-refractivity contribution in [3.8, 4) is 5.75 Å². The molecule has 1 aromatic carbocycles. The Morgan fingerprint density at radius 1 is 0.962 bits per heavy atom. The molecule has 0 aromatic heterocycles. The van der Waals surface area contributed by atoms with Crippen molar-refractivity contribution in [1.29, 1.82) is 0 Å². The predicted octanol–water partition coefficient (Wildman–Crippen LogP) is 2.21. The van der Waals surface area contributed by atoms with Crippen LogP contribution in [-0.2, 0) is 23.0 Å². The van der Waals surface area contributed by atoms with Crippen molar-refractivity contribution in [2.24, 2.45) is 0 Å². The monoisotopic (exact) mass is 392 g/mol. The molecule has 0 spiro atoms. The maximum Gasteiger partial charge on any atom is 1.00 e. The van der Waals surface area contributed by atoms with Gasteiger partial charge in [-0.2, -0.15) is 0 Å². The summed E-state index contributed by atoms with van der Waals surface area (Å²) in [5.74, 6) is 0.572. The van der Waals surface area contributed by atoms with Gasteiger partial charge in [0, 0.05) is 0 Å². The molecule has 0 aliphatic rings. The molecule has 0 heterocycles. The molecule has 0 saturated heterocycles. The van der Waals surface area contributed by atoms with Gasteiger partial charge < -0.3 is 9.29 Å². The molecule has 26 heavy (non-hydrogen) atoms. The van der Waals surface area contributed by atoms with Crippen LogP contribution in [0.1, 0.15) is 83.3 Å². The van der Waals surface area contributed by atoms with E-state index >= 15 is 0 Å². The normalized spacial score (nSPS) is 12.5. The van der Waals surface area contributed by atoms with Gasteiger partial charge in [-0.25, -0.2) is 8.42 Å². The molecule has 1 aromatic rings. The molecule has 0 N–H and O–H groups in total. The first-order valence-corrected chi connectivity index (χ1v) is 11.1. The maximum atomic E-state index is 11.5. The largest absolute Gasteiger partial charge is 1.00 e. The van der Waals surface area contributed by atoms with Gasteiger partial charge in [-0.1, -0.05) is 65.0 Å². The van der Waals surface area contributed by atoms with Crippen molar-refractivity contribution in [2.75, 3.05) is 0 Å². The van der Waals surface area contributed by atoms with E-state index in [2.05, 4.69) is 19.9 Å². The van der Waals surface area contributed by atoms with Crippen LogP contribution in [0.25, 0.3) is 0 Å². The number of aryl methyl sites for hydroxylation is 1. The van der Waals surface area contributed by atoms with Crippen molar-refractivity contribution in [3.63, 3.8) is 0 Å². The fourth-order valence-electron chi connectivity index (χ4n) is 3.00. The van der Waals surface area contributed by atoms with E-state index < -0.39 is 15.6 Å². The van der Waals surface area contributed by atoms with Crippen molar-refractivity contribution in [1.82, 2.24) is 0 Å². The summed E-state index contributed by atoms with van der Waals surface area (Å²) in [7, 11) is -4.47. The van der Waals surface area contributed by atoms with E-state index in [0.29, 0.717) is 12.2 Å². The number of ether oxygens (including phenoxy) is 1. The fourth-order valence-corrected chi connectivity index (χ4v) is 3.74. The molecule has 1 unspecified atom stereocenters. The van der Waals surface area contributed by atoms with Crippen LogP contribution < -0.4 is 34.3 Å².